The van der Waals surface area contributed by atoms with Crippen molar-refractivity contribution in [3.8, 4) is 5.75 Å². The van der Waals surface area contributed by atoms with Crippen LogP contribution in [-0.2, 0) is 4.74 Å². The molecule has 18 heavy (non-hydrogen) atoms. The summed E-state index contributed by atoms with van der Waals surface area (Å²) in [6.07, 6.45) is 1.10. The number of benzene rings is 1. The molecule has 0 N–H and O–H groups in total. The second-order valence-corrected chi connectivity index (χ2v) is 4.93. The van der Waals surface area contributed by atoms with Crippen molar-refractivity contribution in [1.82, 2.24) is 9.78 Å². The quantitative estimate of drug-likeness (QED) is 0.778. The summed E-state index contributed by atoms with van der Waals surface area (Å²) in [6.45, 7) is 5.45. The van der Waals surface area contributed by atoms with Crippen molar-refractivity contribution < 1.29 is 14.3 Å². The Labute approximate surface area is 105 Å². The number of aromatic nitrogens is 2. The van der Waals surface area contributed by atoms with Crippen molar-refractivity contribution in [2.45, 2.75) is 26.4 Å². The van der Waals surface area contributed by atoms with Crippen LogP contribution in [0.2, 0.25) is 0 Å². The number of methoxy groups -OCH3 is 1. The lowest BCUT2D eigenvalue weighted by Crippen LogP contribution is -2.27. The monoisotopic (exact) mass is 248 g/mol. The van der Waals surface area contributed by atoms with E-state index in [4.69, 9.17) is 9.47 Å². The summed E-state index contributed by atoms with van der Waals surface area (Å²) < 4.78 is 11.7. The molecule has 1 aromatic carbocycles. The van der Waals surface area contributed by atoms with Crippen LogP contribution in [0.15, 0.2) is 24.4 Å². The number of rotatable bonds is 1. The van der Waals surface area contributed by atoms with Crippen LogP contribution in [0.5, 0.6) is 5.75 Å². The van der Waals surface area contributed by atoms with E-state index in [9.17, 15) is 4.79 Å². The molecule has 5 heteroatoms. The average Bonchev–Trinajstić information content (AvgIpc) is 2.69. The number of hydrogen-bond donors (Lipinski definition) is 0. The second-order valence-electron chi connectivity index (χ2n) is 4.93. The summed E-state index contributed by atoms with van der Waals surface area (Å²) in [5.74, 6) is 0.683. The van der Waals surface area contributed by atoms with E-state index in [-0.39, 0.29) is 0 Å². The predicted octanol–water partition coefficient (Wildman–Crippen LogP) is 2.83. The van der Waals surface area contributed by atoms with E-state index in [0.29, 0.717) is 11.3 Å². The summed E-state index contributed by atoms with van der Waals surface area (Å²) in [6, 6.07) is 5.43. The standard InChI is InChI=1S/C13H16N2O3/c1-13(2,3)18-12(16)15-10-6-5-7-11(17-4)9(10)8-14-15/h5-8H,1-4H3. The molecule has 96 valence electrons. The van der Waals surface area contributed by atoms with Gasteiger partial charge < -0.3 is 9.47 Å². The summed E-state index contributed by atoms with van der Waals surface area (Å²) in [4.78, 5) is 12.0. The maximum Gasteiger partial charge on any atom is 0.435 e. The lowest BCUT2D eigenvalue weighted by atomic mass is 10.2. The molecule has 0 aliphatic carbocycles. The van der Waals surface area contributed by atoms with Crippen LogP contribution in [0.1, 0.15) is 20.8 Å². The Morgan fingerprint density at radius 2 is 2.06 bits per heavy atom. The summed E-state index contributed by atoms with van der Waals surface area (Å²) in [5.41, 5.74) is 0.123. The van der Waals surface area contributed by atoms with Crippen molar-refractivity contribution in [2.24, 2.45) is 0 Å². The van der Waals surface area contributed by atoms with Gasteiger partial charge >= 0.3 is 6.09 Å². The molecule has 0 fully saturated rings. The van der Waals surface area contributed by atoms with Crippen LogP contribution in [-0.4, -0.2) is 28.6 Å². The maximum absolute atomic E-state index is 12.0. The van der Waals surface area contributed by atoms with Gasteiger partial charge in [-0.3, -0.25) is 0 Å². The molecular weight excluding hydrogens is 232 g/mol. The van der Waals surface area contributed by atoms with Crippen LogP contribution in [0.4, 0.5) is 4.79 Å². The molecule has 1 heterocycles. The van der Waals surface area contributed by atoms with Gasteiger partial charge in [-0.05, 0) is 32.9 Å². The molecule has 0 aliphatic heterocycles. The third-order valence-corrected chi connectivity index (χ3v) is 2.36. The highest BCUT2D eigenvalue weighted by Crippen LogP contribution is 2.25. The Bertz CT molecular complexity index is 581. The van der Waals surface area contributed by atoms with E-state index in [1.165, 1.54) is 4.68 Å². The van der Waals surface area contributed by atoms with Gasteiger partial charge in [-0.15, -0.1) is 0 Å². The third kappa shape index (κ3) is 2.30. The van der Waals surface area contributed by atoms with Crippen molar-refractivity contribution in [1.29, 1.82) is 0 Å². The fraction of sp³-hybridized carbons (Fsp3) is 0.385. The van der Waals surface area contributed by atoms with Crippen LogP contribution in [0, 0.1) is 0 Å². The SMILES string of the molecule is COc1cccc2c1cnn2C(=O)OC(C)(C)C. The maximum atomic E-state index is 12.0. The zero-order valence-electron chi connectivity index (χ0n) is 10.9. The van der Waals surface area contributed by atoms with E-state index in [1.807, 2.05) is 32.9 Å². The van der Waals surface area contributed by atoms with Crippen molar-refractivity contribution >= 4 is 17.0 Å². The van der Waals surface area contributed by atoms with E-state index in [2.05, 4.69) is 5.10 Å². The summed E-state index contributed by atoms with van der Waals surface area (Å²) in [5, 5.41) is 4.83. The number of carbonyl (C=O) groups excluding carboxylic acids is 1. The zero-order chi connectivity index (χ0) is 13.3. The van der Waals surface area contributed by atoms with Crippen LogP contribution in [0.3, 0.4) is 0 Å². The number of carbonyl (C=O) groups is 1. The molecule has 0 spiro atoms. The molecule has 0 radical (unpaired) electrons. The highest BCUT2D eigenvalue weighted by molar-refractivity contribution is 5.91. The van der Waals surface area contributed by atoms with Gasteiger partial charge in [0.05, 0.1) is 24.2 Å². The van der Waals surface area contributed by atoms with Gasteiger partial charge in [0.2, 0.25) is 0 Å². The number of fused-ring (bicyclic) bond motifs is 1. The van der Waals surface area contributed by atoms with Crippen LogP contribution >= 0.6 is 0 Å². The number of ether oxygens (including phenoxy) is 2. The minimum atomic E-state index is -0.547. The number of nitrogens with zero attached hydrogens (tertiary/aromatic N) is 2. The van der Waals surface area contributed by atoms with E-state index >= 15 is 0 Å². The topological polar surface area (TPSA) is 53.4 Å². The van der Waals surface area contributed by atoms with Crippen LogP contribution in [0.25, 0.3) is 10.9 Å². The highest BCUT2D eigenvalue weighted by Gasteiger charge is 2.20. The Hall–Kier alpha value is -2.04. The molecular formula is C13H16N2O3. The van der Waals surface area contributed by atoms with Gasteiger partial charge in [-0.2, -0.15) is 9.78 Å². The minimum absolute atomic E-state index is 0.495. The van der Waals surface area contributed by atoms with Crippen molar-refractivity contribution in [2.75, 3.05) is 7.11 Å². The Balaban J connectivity index is 2.44. The minimum Gasteiger partial charge on any atom is -0.496 e. The Kier molecular flexibility index (Phi) is 2.98. The van der Waals surface area contributed by atoms with Crippen molar-refractivity contribution in [3.63, 3.8) is 0 Å². The lowest BCUT2D eigenvalue weighted by molar-refractivity contribution is 0.0523. The van der Waals surface area contributed by atoms with E-state index < -0.39 is 11.7 Å². The highest BCUT2D eigenvalue weighted by atomic mass is 16.6. The Morgan fingerprint density at radius 1 is 1.33 bits per heavy atom. The first-order valence-corrected chi connectivity index (χ1v) is 5.66. The molecule has 0 atom stereocenters. The van der Waals surface area contributed by atoms with Gasteiger partial charge in [0.1, 0.15) is 11.4 Å². The van der Waals surface area contributed by atoms with Crippen LogP contribution < -0.4 is 4.74 Å². The molecule has 0 amide bonds. The molecule has 0 bridgehead atoms. The van der Waals surface area contributed by atoms with Crippen molar-refractivity contribution in [3.05, 3.63) is 24.4 Å². The first-order valence-electron chi connectivity index (χ1n) is 5.66. The molecule has 0 saturated heterocycles. The number of hydrogen-bond acceptors (Lipinski definition) is 4. The molecule has 0 aliphatic rings. The molecule has 0 saturated carbocycles. The van der Waals surface area contributed by atoms with E-state index in [0.717, 1.165) is 5.39 Å². The molecule has 5 nitrogen and oxygen atoms in total. The fourth-order valence-electron chi connectivity index (χ4n) is 1.65. The first-order chi connectivity index (χ1) is 8.42. The predicted molar refractivity (Wildman–Crippen MR) is 67.9 cm³/mol. The first kappa shape index (κ1) is 12.4. The molecule has 2 rings (SSSR count). The fourth-order valence-corrected chi connectivity index (χ4v) is 1.65. The average molecular weight is 248 g/mol. The third-order valence-electron chi connectivity index (χ3n) is 2.36. The van der Waals surface area contributed by atoms with E-state index in [1.54, 1.807) is 19.4 Å². The van der Waals surface area contributed by atoms with Gasteiger partial charge in [-0.25, -0.2) is 4.79 Å². The second kappa shape index (κ2) is 4.33. The van der Waals surface area contributed by atoms with Gasteiger partial charge in [-0.1, -0.05) is 6.07 Å². The summed E-state index contributed by atoms with van der Waals surface area (Å²) >= 11 is 0. The molecule has 1 aromatic heterocycles. The molecule has 0 unspecified atom stereocenters. The largest absolute Gasteiger partial charge is 0.496 e. The van der Waals surface area contributed by atoms with Gasteiger partial charge in [0.15, 0.2) is 0 Å². The Morgan fingerprint density at radius 3 is 2.67 bits per heavy atom. The van der Waals surface area contributed by atoms with Gasteiger partial charge in [0, 0.05) is 0 Å². The lowest BCUT2D eigenvalue weighted by Gasteiger charge is -2.19. The smallest absolute Gasteiger partial charge is 0.435 e. The normalized spacial score (nSPS) is 11.6. The summed E-state index contributed by atoms with van der Waals surface area (Å²) in [7, 11) is 1.58. The zero-order valence-corrected chi connectivity index (χ0v) is 10.9. The van der Waals surface area contributed by atoms with Gasteiger partial charge in [0.25, 0.3) is 0 Å². The molecule has 2 aromatic rings.